The van der Waals surface area contributed by atoms with Crippen LogP contribution in [0.1, 0.15) is 48.7 Å². The van der Waals surface area contributed by atoms with Gasteiger partial charge in [0.2, 0.25) is 5.91 Å². The van der Waals surface area contributed by atoms with Gasteiger partial charge in [0.05, 0.1) is 5.75 Å². The van der Waals surface area contributed by atoms with Crippen LogP contribution in [-0.4, -0.2) is 26.9 Å². The van der Waals surface area contributed by atoms with E-state index in [1.165, 1.54) is 22.9 Å². The highest BCUT2D eigenvalue weighted by molar-refractivity contribution is 8.01. The minimum Gasteiger partial charge on any atom is -0.325 e. The van der Waals surface area contributed by atoms with Crippen LogP contribution in [0.25, 0.3) is 0 Å². The van der Waals surface area contributed by atoms with Gasteiger partial charge in [0, 0.05) is 22.4 Å². The van der Waals surface area contributed by atoms with Gasteiger partial charge in [-0.15, -0.1) is 11.8 Å². The van der Waals surface area contributed by atoms with E-state index in [-0.39, 0.29) is 5.91 Å². The molecule has 0 radical (unpaired) electrons. The molecule has 2 unspecified atom stereocenters. The summed E-state index contributed by atoms with van der Waals surface area (Å²) >= 11 is 3.35. The van der Waals surface area contributed by atoms with Crippen LogP contribution < -0.4 is 5.32 Å². The van der Waals surface area contributed by atoms with Crippen molar-refractivity contribution in [2.45, 2.75) is 62.3 Å². The summed E-state index contributed by atoms with van der Waals surface area (Å²) in [4.78, 5) is 21.7. The molecule has 2 heterocycles. The van der Waals surface area contributed by atoms with Crippen molar-refractivity contribution in [3.8, 4) is 0 Å². The van der Waals surface area contributed by atoms with E-state index in [0.29, 0.717) is 16.9 Å². The second kappa shape index (κ2) is 8.01. The lowest BCUT2D eigenvalue weighted by molar-refractivity contribution is -0.113. The van der Waals surface area contributed by atoms with Crippen LogP contribution in [0.2, 0.25) is 0 Å². The van der Waals surface area contributed by atoms with Gasteiger partial charge in [-0.3, -0.25) is 4.79 Å². The number of amides is 1. The zero-order chi connectivity index (χ0) is 18.8. The van der Waals surface area contributed by atoms with Gasteiger partial charge in [0.15, 0.2) is 0 Å². The Bertz CT molecular complexity index is 838. The zero-order valence-electron chi connectivity index (χ0n) is 15.9. The molecular weight excluding hydrogens is 362 g/mol. The molecule has 1 aliphatic heterocycles. The summed E-state index contributed by atoms with van der Waals surface area (Å²) < 4.78 is 0. The van der Waals surface area contributed by atoms with Gasteiger partial charge < -0.3 is 5.32 Å². The number of thioether (sulfide) groups is 2. The first-order valence-corrected chi connectivity index (χ1v) is 10.8. The Morgan fingerprint density at radius 2 is 2.04 bits per heavy atom. The predicted octanol–water partition coefficient (Wildman–Crippen LogP) is 5.12. The van der Waals surface area contributed by atoms with Crippen LogP contribution in [0.4, 0.5) is 5.69 Å². The fraction of sp³-hybridized carbons (Fsp3) is 0.450. The second-order valence-electron chi connectivity index (χ2n) is 6.72. The molecule has 26 heavy (non-hydrogen) atoms. The summed E-state index contributed by atoms with van der Waals surface area (Å²) in [5.41, 5.74) is 4.41. The minimum absolute atomic E-state index is 0.000428. The third-order valence-corrected chi connectivity index (χ3v) is 7.11. The highest BCUT2D eigenvalue weighted by Crippen LogP contribution is 2.48. The average Bonchev–Trinajstić information content (AvgIpc) is 2.91. The molecule has 1 amide bonds. The van der Waals surface area contributed by atoms with Crippen molar-refractivity contribution in [1.29, 1.82) is 0 Å². The standard InChI is InChI=1S/C20H25N3OS2/c1-6-15-13(4)26-20-18(15)19(21-14(5)22-20)25-10-17(24)23-16-9-7-8-11(2)12(16)3/h7-9,13,15H,6,10H2,1-5H3,(H,23,24). The SMILES string of the molecule is CCC1c2c(SCC(=O)Nc3cccc(C)c3C)nc(C)nc2SC1C. The molecule has 2 aromatic rings. The maximum atomic E-state index is 12.5. The number of hydrogen-bond acceptors (Lipinski definition) is 5. The van der Waals surface area contributed by atoms with Crippen LogP contribution in [0, 0.1) is 20.8 Å². The predicted molar refractivity (Wildman–Crippen MR) is 110 cm³/mol. The Morgan fingerprint density at radius 3 is 2.77 bits per heavy atom. The van der Waals surface area contributed by atoms with E-state index in [1.54, 1.807) is 0 Å². The third-order valence-electron chi connectivity index (χ3n) is 4.88. The van der Waals surface area contributed by atoms with Crippen molar-refractivity contribution in [3.05, 3.63) is 40.7 Å². The van der Waals surface area contributed by atoms with E-state index in [0.717, 1.165) is 33.5 Å². The molecule has 0 fully saturated rings. The van der Waals surface area contributed by atoms with Gasteiger partial charge >= 0.3 is 0 Å². The molecule has 0 bridgehead atoms. The van der Waals surface area contributed by atoms with Gasteiger partial charge in [-0.2, -0.15) is 0 Å². The van der Waals surface area contributed by atoms with E-state index in [9.17, 15) is 4.79 Å². The van der Waals surface area contributed by atoms with Crippen molar-refractivity contribution in [2.24, 2.45) is 0 Å². The molecular formula is C20H25N3OS2. The lowest BCUT2D eigenvalue weighted by Gasteiger charge is -2.15. The summed E-state index contributed by atoms with van der Waals surface area (Å²) in [7, 11) is 0. The lowest BCUT2D eigenvalue weighted by Crippen LogP contribution is -2.16. The summed E-state index contributed by atoms with van der Waals surface area (Å²) in [5.74, 6) is 1.59. The first-order chi connectivity index (χ1) is 12.4. The van der Waals surface area contributed by atoms with Gasteiger partial charge in [-0.1, -0.05) is 37.7 Å². The quantitative estimate of drug-likeness (QED) is 0.570. The Kier molecular flexibility index (Phi) is 5.92. The summed E-state index contributed by atoms with van der Waals surface area (Å²) in [5, 5.41) is 5.59. The number of hydrogen-bond donors (Lipinski definition) is 1. The van der Waals surface area contributed by atoms with E-state index < -0.39 is 0 Å². The monoisotopic (exact) mass is 387 g/mol. The summed E-state index contributed by atoms with van der Waals surface area (Å²) in [6.45, 7) is 10.5. The summed E-state index contributed by atoms with van der Waals surface area (Å²) in [6, 6.07) is 5.97. The van der Waals surface area contributed by atoms with Crippen molar-refractivity contribution in [1.82, 2.24) is 9.97 Å². The van der Waals surface area contributed by atoms with Crippen molar-refractivity contribution in [2.75, 3.05) is 11.1 Å². The van der Waals surface area contributed by atoms with Crippen LogP contribution in [-0.2, 0) is 4.79 Å². The molecule has 0 spiro atoms. The van der Waals surface area contributed by atoms with E-state index in [4.69, 9.17) is 0 Å². The number of anilines is 1. The molecule has 0 saturated heterocycles. The molecule has 4 nitrogen and oxygen atoms in total. The van der Waals surface area contributed by atoms with Crippen LogP contribution >= 0.6 is 23.5 Å². The van der Waals surface area contributed by atoms with Gasteiger partial charge in [-0.25, -0.2) is 9.97 Å². The topological polar surface area (TPSA) is 54.9 Å². The number of fused-ring (bicyclic) bond motifs is 1. The molecule has 1 aliphatic rings. The maximum absolute atomic E-state index is 12.5. The van der Waals surface area contributed by atoms with Gasteiger partial charge in [0.25, 0.3) is 0 Å². The zero-order valence-corrected chi connectivity index (χ0v) is 17.6. The van der Waals surface area contributed by atoms with Crippen LogP contribution in [0.3, 0.4) is 0 Å². The molecule has 1 aromatic heterocycles. The lowest BCUT2D eigenvalue weighted by atomic mass is 9.96. The highest BCUT2D eigenvalue weighted by atomic mass is 32.2. The molecule has 1 N–H and O–H groups in total. The normalized spacial score (nSPS) is 18.7. The number of aromatic nitrogens is 2. The largest absolute Gasteiger partial charge is 0.325 e. The second-order valence-corrected chi connectivity index (χ2v) is 9.05. The van der Waals surface area contributed by atoms with Crippen molar-refractivity contribution < 1.29 is 4.79 Å². The molecule has 1 aromatic carbocycles. The minimum atomic E-state index is 0.000428. The number of carbonyl (C=O) groups is 1. The van der Waals surface area contributed by atoms with E-state index in [2.05, 4.69) is 42.1 Å². The third kappa shape index (κ3) is 3.91. The number of benzene rings is 1. The molecule has 3 rings (SSSR count). The first kappa shape index (κ1) is 19.2. The smallest absolute Gasteiger partial charge is 0.234 e. The summed E-state index contributed by atoms with van der Waals surface area (Å²) in [6.07, 6.45) is 1.07. The molecule has 0 saturated carbocycles. The first-order valence-electron chi connectivity index (χ1n) is 8.94. The number of nitrogens with zero attached hydrogens (tertiary/aromatic N) is 2. The average molecular weight is 388 g/mol. The van der Waals surface area contributed by atoms with Crippen molar-refractivity contribution in [3.63, 3.8) is 0 Å². The Hall–Kier alpha value is -1.53. The molecule has 138 valence electrons. The Morgan fingerprint density at radius 1 is 1.27 bits per heavy atom. The van der Waals surface area contributed by atoms with E-state index in [1.807, 2.05) is 37.7 Å². The van der Waals surface area contributed by atoms with Gasteiger partial charge in [-0.05, 0) is 44.4 Å². The van der Waals surface area contributed by atoms with E-state index >= 15 is 0 Å². The number of rotatable bonds is 5. The highest BCUT2D eigenvalue weighted by Gasteiger charge is 2.33. The molecule has 0 aliphatic carbocycles. The fourth-order valence-corrected chi connectivity index (χ4v) is 5.69. The van der Waals surface area contributed by atoms with Crippen molar-refractivity contribution >= 4 is 35.1 Å². The fourth-order valence-electron chi connectivity index (χ4n) is 3.28. The van der Waals surface area contributed by atoms with Gasteiger partial charge in [0.1, 0.15) is 15.9 Å². The number of aryl methyl sites for hydroxylation is 2. The molecule has 6 heteroatoms. The number of nitrogens with one attached hydrogen (secondary N) is 1. The maximum Gasteiger partial charge on any atom is 0.234 e. The Labute approximate surface area is 164 Å². The number of carbonyl (C=O) groups excluding carboxylic acids is 1. The Balaban J connectivity index is 1.74. The van der Waals surface area contributed by atoms with Crippen LogP contribution in [0.15, 0.2) is 28.3 Å². The van der Waals surface area contributed by atoms with Crippen LogP contribution in [0.5, 0.6) is 0 Å². The molecule has 2 atom stereocenters.